The zero-order chi connectivity index (χ0) is 12.3. The van der Waals surface area contributed by atoms with Crippen LogP contribution in [0, 0.1) is 5.82 Å². The van der Waals surface area contributed by atoms with Crippen LogP contribution in [0.2, 0.25) is 10.0 Å². The Morgan fingerprint density at radius 2 is 1.94 bits per heavy atom. The molecule has 0 saturated carbocycles. The smallest absolute Gasteiger partial charge is 0.143 e. The topological polar surface area (TPSA) is 40.5 Å². The number of benzene rings is 1. The summed E-state index contributed by atoms with van der Waals surface area (Å²) in [5, 5.41) is 19.2. The molecule has 2 N–H and O–H groups in total. The molecule has 0 heterocycles. The fraction of sp³-hybridized carbons (Fsp3) is 0.400. The first kappa shape index (κ1) is 14.1. The maximum Gasteiger partial charge on any atom is 0.143 e. The molecule has 0 aliphatic carbocycles. The lowest BCUT2D eigenvalue weighted by Crippen LogP contribution is -2.19. The van der Waals surface area contributed by atoms with Crippen molar-refractivity contribution in [1.82, 2.24) is 0 Å². The monoisotopic (exact) mass is 284 g/mol. The van der Waals surface area contributed by atoms with Gasteiger partial charge in [-0.2, -0.15) is 12.6 Å². The van der Waals surface area contributed by atoms with Gasteiger partial charge in [-0.25, -0.2) is 4.39 Å². The molecule has 90 valence electrons. The van der Waals surface area contributed by atoms with E-state index in [1.165, 1.54) is 6.07 Å². The molecule has 2 unspecified atom stereocenters. The molecule has 2 atom stereocenters. The molecule has 0 spiro atoms. The quantitative estimate of drug-likeness (QED) is 0.588. The van der Waals surface area contributed by atoms with E-state index in [0.717, 1.165) is 6.07 Å². The molecule has 0 aliphatic rings. The lowest BCUT2D eigenvalue weighted by molar-refractivity contribution is 0.0171. The fourth-order valence-electron chi connectivity index (χ4n) is 1.29. The van der Waals surface area contributed by atoms with Crippen LogP contribution in [0.3, 0.4) is 0 Å². The molecule has 0 saturated heterocycles. The van der Waals surface area contributed by atoms with Crippen molar-refractivity contribution in [1.29, 1.82) is 0 Å². The Morgan fingerprint density at radius 3 is 2.50 bits per heavy atom. The first-order valence-electron chi connectivity index (χ1n) is 4.58. The van der Waals surface area contributed by atoms with Crippen LogP contribution >= 0.6 is 35.8 Å². The highest BCUT2D eigenvalue weighted by molar-refractivity contribution is 7.80. The number of hydrogen-bond donors (Lipinski definition) is 3. The van der Waals surface area contributed by atoms with Crippen molar-refractivity contribution in [3.05, 3.63) is 33.6 Å². The largest absolute Gasteiger partial charge is 0.390 e. The highest BCUT2D eigenvalue weighted by atomic mass is 35.5. The molecule has 1 aromatic rings. The van der Waals surface area contributed by atoms with Crippen LogP contribution in [-0.4, -0.2) is 22.1 Å². The maximum absolute atomic E-state index is 13.2. The van der Waals surface area contributed by atoms with E-state index in [9.17, 15) is 14.6 Å². The molecular weight excluding hydrogens is 274 g/mol. The van der Waals surface area contributed by atoms with E-state index in [0.29, 0.717) is 5.75 Å². The average Bonchev–Trinajstić information content (AvgIpc) is 2.22. The minimum atomic E-state index is -1.27. The third-order valence-corrected chi connectivity index (χ3v) is 3.00. The molecule has 1 aromatic carbocycles. The van der Waals surface area contributed by atoms with Crippen LogP contribution < -0.4 is 0 Å². The summed E-state index contributed by atoms with van der Waals surface area (Å²) >= 11 is 15.3. The Balaban J connectivity index is 3.03. The zero-order valence-corrected chi connectivity index (χ0v) is 10.6. The van der Waals surface area contributed by atoms with Crippen LogP contribution in [0.1, 0.15) is 18.1 Å². The Hall–Kier alpha value is -0.0000000000000000555. The zero-order valence-electron chi connectivity index (χ0n) is 8.20. The summed E-state index contributed by atoms with van der Waals surface area (Å²) in [5.74, 6) is -0.319. The molecule has 0 amide bonds. The number of aliphatic hydroxyl groups is 2. The molecule has 0 fully saturated rings. The van der Waals surface area contributed by atoms with E-state index in [2.05, 4.69) is 12.6 Å². The molecule has 2 nitrogen and oxygen atoms in total. The van der Waals surface area contributed by atoms with Gasteiger partial charge in [0, 0.05) is 10.6 Å². The maximum atomic E-state index is 13.2. The van der Waals surface area contributed by atoms with Crippen molar-refractivity contribution >= 4 is 35.8 Å². The van der Waals surface area contributed by atoms with Crippen molar-refractivity contribution in [3.8, 4) is 0 Å². The summed E-state index contributed by atoms with van der Waals surface area (Å²) < 4.78 is 13.2. The van der Waals surface area contributed by atoms with Gasteiger partial charge in [-0.1, -0.05) is 23.2 Å². The highest BCUT2D eigenvalue weighted by Crippen LogP contribution is 2.31. The van der Waals surface area contributed by atoms with Gasteiger partial charge in [-0.3, -0.25) is 0 Å². The van der Waals surface area contributed by atoms with Crippen LogP contribution in [0.4, 0.5) is 4.39 Å². The average molecular weight is 285 g/mol. The second kappa shape index (κ2) is 6.07. The van der Waals surface area contributed by atoms with Gasteiger partial charge in [0.05, 0.1) is 11.1 Å². The second-order valence-electron chi connectivity index (χ2n) is 3.32. The van der Waals surface area contributed by atoms with E-state index < -0.39 is 18.0 Å². The highest BCUT2D eigenvalue weighted by Gasteiger charge is 2.22. The Kier molecular flexibility index (Phi) is 5.34. The van der Waals surface area contributed by atoms with Crippen molar-refractivity contribution in [2.45, 2.75) is 18.6 Å². The molecule has 0 radical (unpaired) electrons. The minimum Gasteiger partial charge on any atom is -0.390 e. The molecule has 0 aliphatic heterocycles. The summed E-state index contributed by atoms with van der Waals surface area (Å²) in [6.45, 7) is 0. The van der Waals surface area contributed by atoms with Crippen LogP contribution in [0.25, 0.3) is 0 Å². The van der Waals surface area contributed by atoms with Gasteiger partial charge in [-0.05, 0) is 24.3 Å². The predicted molar refractivity (Wildman–Crippen MR) is 65.9 cm³/mol. The van der Waals surface area contributed by atoms with Crippen molar-refractivity contribution < 1.29 is 14.6 Å². The lowest BCUT2D eigenvalue weighted by Gasteiger charge is -2.19. The fourth-order valence-corrected chi connectivity index (χ4v) is 1.99. The van der Waals surface area contributed by atoms with Crippen molar-refractivity contribution in [2.24, 2.45) is 0 Å². The van der Waals surface area contributed by atoms with Gasteiger partial charge in [0.1, 0.15) is 11.9 Å². The van der Waals surface area contributed by atoms with E-state index >= 15 is 0 Å². The molecule has 0 aromatic heterocycles. The van der Waals surface area contributed by atoms with E-state index in [1.807, 2.05) is 0 Å². The summed E-state index contributed by atoms with van der Waals surface area (Å²) in [4.78, 5) is 0. The van der Waals surface area contributed by atoms with Gasteiger partial charge in [0.2, 0.25) is 0 Å². The van der Waals surface area contributed by atoms with E-state index in [1.54, 1.807) is 0 Å². The predicted octanol–water partition coefficient (Wildman–Crippen LogP) is 2.85. The molecular formula is C10H11Cl2FO2S. The number of rotatable bonds is 4. The molecule has 0 bridgehead atoms. The van der Waals surface area contributed by atoms with Gasteiger partial charge in [0.25, 0.3) is 0 Å². The summed E-state index contributed by atoms with van der Waals surface area (Å²) in [5.41, 5.74) is 0.0842. The van der Waals surface area contributed by atoms with Crippen molar-refractivity contribution in [3.63, 3.8) is 0 Å². The standard InChI is InChI=1S/C10H11Cl2FO2S/c11-5-3-6(9(12)7(13)4-5)10(15)8(14)1-2-16/h3-4,8,10,14-16H,1-2H2. The SMILES string of the molecule is OC(CCS)C(O)c1cc(Cl)cc(F)c1Cl. The first-order chi connectivity index (χ1) is 7.47. The third-order valence-electron chi connectivity index (χ3n) is 2.13. The summed E-state index contributed by atoms with van der Waals surface area (Å²) in [6, 6.07) is 2.38. The van der Waals surface area contributed by atoms with Gasteiger partial charge in [-0.15, -0.1) is 0 Å². The second-order valence-corrected chi connectivity index (χ2v) is 4.58. The third kappa shape index (κ3) is 3.25. The summed E-state index contributed by atoms with van der Waals surface area (Å²) in [6.07, 6.45) is -2.05. The number of aliphatic hydroxyl groups excluding tert-OH is 2. The van der Waals surface area contributed by atoms with E-state index in [4.69, 9.17) is 23.2 Å². The van der Waals surface area contributed by atoms with Crippen LogP contribution in [-0.2, 0) is 0 Å². The van der Waals surface area contributed by atoms with Crippen LogP contribution in [0.15, 0.2) is 12.1 Å². The Morgan fingerprint density at radius 1 is 1.31 bits per heavy atom. The van der Waals surface area contributed by atoms with Gasteiger partial charge >= 0.3 is 0 Å². The van der Waals surface area contributed by atoms with Gasteiger partial charge in [0.15, 0.2) is 0 Å². The Labute approximate surface area is 108 Å². The molecule has 1 rings (SSSR count). The normalized spacial score (nSPS) is 14.9. The van der Waals surface area contributed by atoms with E-state index in [-0.39, 0.29) is 22.0 Å². The molecule has 16 heavy (non-hydrogen) atoms. The summed E-state index contributed by atoms with van der Waals surface area (Å²) in [7, 11) is 0. The van der Waals surface area contributed by atoms with Crippen molar-refractivity contribution in [2.75, 3.05) is 5.75 Å². The Bertz CT molecular complexity index is 376. The van der Waals surface area contributed by atoms with Gasteiger partial charge < -0.3 is 10.2 Å². The number of thiol groups is 1. The lowest BCUT2D eigenvalue weighted by atomic mass is 10.0. The van der Waals surface area contributed by atoms with Crippen LogP contribution in [0.5, 0.6) is 0 Å². The number of halogens is 3. The molecule has 6 heteroatoms. The first-order valence-corrected chi connectivity index (χ1v) is 5.97. The number of hydrogen-bond acceptors (Lipinski definition) is 3. The minimum absolute atomic E-state index is 0.0842.